The summed E-state index contributed by atoms with van der Waals surface area (Å²) in [5.41, 5.74) is 5.22. The van der Waals surface area contributed by atoms with Crippen molar-refractivity contribution >= 4 is 13.7 Å². The van der Waals surface area contributed by atoms with Crippen LogP contribution >= 0.6 is 7.82 Å². The van der Waals surface area contributed by atoms with Gasteiger partial charge in [0.1, 0.15) is 17.8 Å². The first-order valence-corrected chi connectivity index (χ1v) is 7.65. The highest BCUT2D eigenvalue weighted by Crippen LogP contribution is 2.34. The first-order chi connectivity index (χ1) is 10.2. The highest BCUT2D eigenvalue weighted by Gasteiger charge is 2.50. The first kappa shape index (κ1) is 16.9. The Morgan fingerprint density at radius 1 is 1.64 bits per heavy atom. The van der Waals surface area contributed by atoms with Gasteiger partial charge in [0.15, 0.2) is 12.4 Å². The van der Waals surface area contributed by atoms with Crippen molar-refractivity contribution in [3.63, 3.8) is 0 Å². The maximum absolute atomic E-state index is 14.1. The monoisotopic (exact) mass is 336 g/mol. The van der Waals surface area contributed by atoms with Gasteiger partial charge in [-0.15, -0.1) is 0 Å². The molecule has 1 aliphatic rings. The normalized spacial score (nSPS) is 30.9. The second-order valence-corrected chi connectivity index (χ2v) is 5.86. The molecule has 2 heterocycles. The number of primary amides is 1. The average Bonchev–Trinajstić information content (AvgIpc) is 2.72. The van der Waals surface area contributed by atoms with Crippen LogP contribution < -0.4 is 15.2 Å². The van der Waals surface area contributed by atoms with Gasteiger partial charge in [-0.1, -0.05) is 0 Å². The number of ether oxygens (including phenoxy) is 1. The molecule has 0 radical (unpaired) electrons. The number of amides is 1. The van der Waals surface area contributed by atoms with E-state index >= 15 is 0 Å². The number of halogens is 1. The molecule has 0 aromatic carbocycles. The molecule has 0 bridgehead atoms. The zero-order chi connectivity index (χ0) is 16.5. The molecule has 1 aromatic rings. The van der Waals surface area contributed by atoms with Crippen molar-refractivity contribution in [2.24, 2.45) is 5.73 Å². The summed E-state index contributed by atoms with van der Waals surface area (Å²) in [4.78, 5) is 30.1. The quantitative estimate of drug-likeness (QED) is 0.422. The van der Waals surface area contributed by atoms with Gasteiger partial charge in [0, 0.05) is 6.07 Å². The third kappa shape index (κ3) is 3.86. The van der Waals surface area contributed by atoms with Crippen LogP contribution in [0.1, 0.15) is 16.6 Å². The number of carbonyl (C=O) groups excluding carboxylic acids is 1. The van der Waals surface area contributed by atoms with Crippen molar-refractivity contribution in [2.45, 2.75) is 24.6 Å². The Hall–Kier alpha value is -1.42. The van der Waals surface area contributed by atoms with E-state index in [1.807, 2.05) is 0 Å². The lowest BCUT2D eigenvalue weighted by Gasteiger charge is -2.19. The van der Waals surface area contributed by atoms with Crippen molar-refractivity contribution in [3.8, 4) is 0 Å². The Balaban J connectivity index is 2.14. The summed E-state index contributed by atoms with van der Waals surface area (Å²) in [6.45, 7) is -0.745. The van der Waals surface area contributed by atoms with Crippen LogP contribution in [0.5, 0.6) is 0 Å². The Bertz CT molecular complexity index is 610. The van der Waals surface area contributed by atoms with E-state index in [4.69, 9.17) is 15.4 Å². The molecule has 2 rings (SSSR count). The van der Waals surface area contributed by atoms with E-state index in [-0.39, 0.29) is 5.56 Å². The molecule has 122 valence electrons. The molecule has 1 amide bonds. The topological polar surface area (TPSA) is 146 Å². The number of nitrogens with zero attached hydrogens (tertiary/aromatic N) is 1. The van der Waals surface area contributed by atoms with Gasteiger partial charge in [0.2, 0.25) is 6.17 Å². The zero-order valence-corrected chi connectivity index (χ0v) is 12.0. The second-order valence-electron chi connectivity index (χ2n) is 4.67. The van der Waals surface area contributed by atoms with Crippen LogP contribution in [-0.4, -0.2) is 40.9 Å². The van der Waals surface area contributed by atoms with Gasteiger partial charge in [-0.2, -0.15) is 4.57 Å². The van der Waals surface area contributed by atoms with Crippen LogP contribution in [0.25, 0.3) is 0 Å². The number of nitrogens with two attached hydrogens (primary N) is 1. The Labute approximate surface area is 124 Å². The molecule has 1 aliphatic heterocycles. The maximum atomic E-state index is 14.1. The molecular formula is C11H14FN2O7P. The van der Waals surface area contributed by atoms with E-state index in [9.17, 15) is 23.7 Å². The summed E-state index contributed by atoms with van der Waals surface area (Å²) in [6.07, 6.45) is -3.54. The molecule has 0 aliphatic carbocycles. The lowest BCUT2D eigenvalue weighted by atomic mass is 10.1. The SMILES string of the molecule is NC(=O)c1ccc[n+](C2OC(COP(=O)([O-])O)[C@@H](O)[C@@H]2F)c1. The molecule has 4 N–H and O–H groups in total. The lowest BCUT2D eigenvalue weighted by molar-refractivity contribution is -0.764. The van der Waals surface area contributed by atoms with Crippen molar-refractivity contribution in [1.29, 1.82) is 0 Å². The summed E-state index contributed by atoms with van der Waals surface area (Å²) in [5, 5.41) is 9.71. The average molecular weight is 336 g/mol. The van der Waals surface area contributed by atoms with E-state index in [2.05, 4.69) is 4.52 Å². The van der Waals surface area contributed by atoms with E-state index in [0.717, 1.165) is 0 Å². The standard InChI is InChI=1S/C11H14FN2O7P/c12-8-9(15)7(5-20-22(17,18)19)21-11(8)14-3-1-2-6(4-14)10(13)16/h1-4,7-9,11,15H,5H2,(H3-,13,16,17,18,19)/t7?,8-,9+,11?/m0/s1. The summed E-state index contributed by atoms with van der Waals surface area (Å²) in [7, 11) is -5.01. The molecule has 5 atom stereocenters. The Morgan fingerprint density at radius 2 is 2.32 bits per heavy atom. The van der Waals surface area contributed by atoms with Crippen LogP contribution in [0.15, 0.2) is 24.5 Å². The molecule has 9 nitrogen and oxygen atoms in total. The van der Waals surface area contributed by atoms with Gasteiger partial charge in [-0.25, -0.2) is 4.39 Å². The largest absolute Gasteiger partial charge is 0.756 e. The minimum absolute atomic E-state index is 0.104. The third-order valence-corrected chi connectivity index (χ3v) is 3.57. The number of phosphoric acid groups is 1. The van der Waals surface area contributed by atoms with Gasteiger partial charge < -0.3 is 29.9 Å². The number of alkyl halides is 1. The minimum Gasteiger partial charge on any atom is -0.756 e. The summed E-state index contributed by atoms with van der Waals surface area (Å²) < 4.78 is 35.1. The van der Waals surface area contributed by atoms with E-state index in [1.165, 1.54) is 29.1 Å². The first-order valence-electron chi connectivity index (χ1n) is 6.15. The van der Waals surface area contributed by atoms with Crippen molar-refractivity contribution < 1.29 is 42.5 Å². The molecule has 1 fully saturated rings. The summed E-state index contributed by atoms with van der Waals surface area (Å²) in [5.74, 6) is -0.726. The molecule has 0 spiro atoms. The fourth-order valence-corrected chi connectivity index (χ4v) is 2.38. The molecule has 11 heteroatoms. The van der Waals surface area contributed by atoms with Gasteiger partial charge >= 0.3 is 0 Å². The van der Waals surface area contributed by atoms with Crippen molar-refractivity contribution in [1.82, 2.24) is 0 Å². The second kappa shape index (κ2) is 6.37. The molecule has 1 aromatic heterocycles. The summed E-state index contributed by atoms with van der Waals surface area (Å²) >= 11 is 0. The highest BCUT2D eigenvalue weighted by molar-refractivity contribution is 7.44. The van der Waals surface area contributed by atoms with E-state index in [1.54, 1.807) is 0 Å². The van der Waals surface area contributed by atoms with Gasteiger partial charge in [0.05, 0.1) is 6.61 Å². The summed E-state index contributed by atoms with van der Waals surface area (Å²) in [6, 6.07) is 2.85. The predicted molar refractivity (Wildman–Crippen MR) is 65.7 cm³/mol. The molecule has 22 heavy (non-hydrogen) atoms. The van der Waals surface area contributed by atoms with Crippen LogP contribution in [0.3, 0.4) is 0 Å². The Kier molecular flexibility index (Phi) is 4.90. The highest BCUT2D eigenvalue weighted by atomic mass is 31.2. The van der Waals surface area contributed by atoms with Crippen LogP contribution in [0, 0.1) is 0 Å². The maximum Gasteiger partial charge on any atom is 0.297 e. The number of phosphoric ester groups is 1. The fourth-order valence-electron chi connectivity index (χ4n) is 2.05. The van der Waals surface area contributed by atoms with E-state index in [0.29, 0.717) is 0 Å². The number of aromatic nitrogens is 1. The Morgan fingerprint density at radius 3 is 2.91 bits per heavy atom. The number of carbonyl (C=O) groups is 1. The van der Waals surface area contributed by atoms with Crippen molar-refractivity contribution in [3.05, 3.63) is 30.1 Å². The smallest absolute Gasteiger partial charge is 0.297 e. The zero-order valence-electron chi connectivity index (χ0n) is 11.1. The number of pyridine rings is 1. The van der Waals surface area contributed by atoms with Gasteiger partial charge in [-0.05, 0) is 6.07 Å². The molecule has 1 saturated heterocycles. The van der Waals surface area contributed by atoms with Crippen LogP contribution in [-0.2, 0) is 13.8 Å². The van der Waals surface area contributed by atoms with E-state index < -0.39 is 44.9 Å². The predicted octanol–water partition coefficient (Wildman–Crippen LogP) is -1.85. The minimum atomic E-state index is -5.01. The van der Waals surface area contributed by atoms with Gasteiger partial charge in [0.25, 0.3) is 20.0 Å². The number of aliphatic hydroxyl groups excluding tert-OH is 1. The molecular weight excluding hydrogens is 322 g/mol. The molecule has 3 unspecified atom stereocenters. The molecule has 0 saturated carbocycles. The lowest BCUT2D eigenvalue weighted by Crippen LogP contribution is -2.45. The van der Waals surface area contributed by atoms with Crippen molar-refractivity contribution in [2.75, 3.05) is 6.61 Å². The number of aliphatic hydroxyl groups is 1. The fraction of sp³-hybridized carbons (Fsp3) is 0.455. The van der Waals surface area contributed by atoms with Crippen LogP contribution in [0.2, 0.25) is 0 Å². The van der Waals surface area contributed by atoms with Crippen LogP contribution in [0.4, 0.5) is 4.39 Å². The van der Waals surface area contributed by atoms with Gasteiger partial charge in [-0.3, -0.25) is 9.36 Å². The third-order valence-electron chi connectivity index (χ3n) is 3.10. The number of rotatable bonds is 5. The number of hydrogen-bond acceptors (Lipinski definition) is 6. The number of hydrogen-bond donors (Lipinski definition) is 3.